The first-order chi connectivity index (χ1) is 9.65. The molecule has 0 aliphatic carbocycles. The number of hydrogen-bond acceptors (Lipinski definition) is 4. The second-order valence-electron chi connectivity index (χ2n) is 4.85. The number of nitrogens with zero attached hydrogens (tertiary/aromatic N) is 1. The van der Waals surface area contributed by atoms with Gasteiger partial charge in [-0.1, -0.05) is 18.2 Å². The maximum absolute atomic E-state index is 11.4. The van der Waals surface area contributed by atoms with Crippen LogP contribution < -0.4 is 0 Å². The van der Waals surface area contributed by atoms with E-state index in [4.69, 9.17) is 4.74 Å². The van der Waals surface area contributed by atoms with Crippen molar-refractivity contribution in [1.82, 2.24) is 4.98 Å². The topological polar surface area (TPSA) is 59.4 Å². The summed E-state index contributed by atoms with van der Waals surface area (Å²) in [7, 11) is 0. The number of carbonyl (C=O) groups is 1. The maximum Gasteiger partial charge on any atom is 0.336 e. The van der Waals surface area contributed by atoms with Crippen molar-refractivity contribution in [3.05, 3.63) is 35.9 Å². The van der Waals surface area contributed by atoms with Crippen LogP contribution in [0.15, 0.2) is 35.4 Å². The van der Waals surface area contributed by atoms with Crippen LogP contribution in [0.25, 0.3) is 10.9 Å². The first-order valence-electron chi connectivity index (χ1n) is 6.56. The van der Waals surface area contributed by atoms with Crippen LogP contribution in [0.4, 0.5) is 0 Å². The number of benzene rings is 1. The Labute approximate surface area is 121 Å². The molecule has 1 aromatic carbocycles. The third kappa shape index (κ3) is 2.51. The summed E-state index contributed by atoms with van der Waals surface area (Å²) < 4.78 is 5.54. The van der Waals surface area contributed by atoms with Crippen molar-refractivity contribution < 1.29 is 14.6 Å². The highest BCUT2D eigenvalue weighted by Crippen LogP contribution is 2.33. The quantitative estimate of drug-likeness (QED) is 0.940. The average molecular weight is 289 g/mol. The lowest BCUT2D eigenvalue weighted by Crippen LogP contribution is -2.13. The summed E-state index contributed by atoms with van der Waals surface area (Å²) in [5, 5.41) is 11.1. The number of aromatic nitrogens is 1. The highest BCUT2D eigenvalue weighted by molar-refractivity contribution is 7.99. The zero-order valence-electron chi connectivity index (χ0n) is 11.1. The molecule has 0 bridgehead atoms. The third-order valence-electron chi connectivity index (χ3n) is 3.50. The minimum atomic E-state index is -0.916. The lowest BCUT2D eigenvalue weighted by atomic mass is 10.1. The summed E-state index contributed by atoms with van der Waals surface area (Å²) in [5.74, 6) is -0.916. The van der Waals surface area contributed by atoms with Gasteiger partial charge in [-0.3, -0.25) is 0 Å². The Bertz CT molecular complexity index is 659. The fourth-order valence-corrected chi connectivity index (χ4v) is 3.54. The van der Waals surface area contributed by atoms with E-state index in [1.165, 1.54) is 0 Å². The number of ether oxygens (including phenoxy) is 1. The summed E-state index contributed by atoms with van der Waals surface area (Å²) >= 11 is 1.61. The van der Waals surface area contributed by atoms with Gasteiger partial charge in [0.15, 0.2) is 0 Å². The van der Waals surface area contributed by atoms with Crippen molar-refractivity contribution in [3.63, 3.8) is 0 Å². The molecule has 2 atom stereocenters. The zero-order valence-corrected chi connectivity index (χ0v) is 11.9. The highest BCUT2D eigenvalue weighted by atomic mass is 32.2. The van der Waals surface area contributed by atoms with Crippen molar-refractivity contribution in [2.45, 2.75) is 29.7 Å². The Morgan fingerprint density at radius 3 is 2.95 bits per heavy atom. The highest BCUT2D eigenvalue weighted by Gasteiger charge is 2.26. The van der Waals surface area contributed by atoms with Gasteiger partial charge in [0.1, 0.15) is 0 Å². The number of aromatic carboxylic acids is 1. The SMILES string of the molecule is CC1OCCC1Sc1cc(C(=O)O)c2ccccc2n1. The van der Waals surface area contributed by atoms with E-state index >= 15 is 0 Å². The molecule has 104 valence electrons. The Morgan fingerprint density at radius 2 is 2.25 bits per heavy atom. The Balaban J connectivity index is 2.01. The first kappa shape index (κ1) is 13.4. The smallest absolute Gasteiger partial charge is 0.336 e. The molecule has 1 aliphatic heterocycles. The van der Waals surface area contributed by atoms with Gasteiger partial charge in [-0.2, -0.15) is 0 Å². The number of para-hydroxylation sites is 1. The fraction of sp³-hybridized carbons (Fsp3) is 0.333. The van der Waals surface area contributed by atoms with Crippen LogP contribution in [-0.4, -0.2) is 34.0 Å². The van der Waals surface area contributed by atoms with Crippen LogP contribution in [0.1, 0.15) is 23.7 Å². The summed E-state index contributed by atoms with van der Waals surface area (Å²) in [6.45, 7) is 2.81. The van der Waals surface area contributed by atoms with Crippen LogP contribution in [0.3, 0.4) is 0 Å². The third-order valence-corrected chi connectivity index (χ3v) is 4.87. The van der Waals surface area contributed by atoms with E-state index in [2.05, 4.69) is 4.98 Å². The summed E-state index contributed by atoms with van der Waals surface area (Å²) in [6, 6.07) is 9.01. The fourth-order valence-electron chi connectivity index (χ4n) is 2.41. The molecule has 1 fully saturated rings. The van der Waals surface area contributed by atoms with E-state index in [0.717, 1.165) is 23.6 Å². The molecule has 3 rings (SSSR count). The average Bonchev–Trinajstić information content (AvgIpc) is 2.83. The molecule has 2 unspecified atom stereocenters. The van der Waals surface area contributed by atoms with Crippen molar-refractivity contribution in [2.75, 3.05) is 6.61 Å². The molecule has 0 saturated carbocycles. The number of fused-ring (bicyclic) bond motifs is 1. The largest absolute Gasteiger partial charge is 0.478 e. The number of thioether (sulfide) groups is 1. The van der Waals surface area contributed by atoms with Crippen LogP contribution in [0.2, 0.25) is 0 Å². The van der Waals surface area contributed by atoms with Gasteiger partial charge in [-0.15, -0.1) is 11.8 Å². The second kappa shape index (κ2) is 5.42. The summed E-state index contributed by atoms with van der Waals surface area (Å²) in [5.41, 5.74) is 1.03. The van der Waals surface area contributed by atoms with Gasteiger partial charge in [-0.05, 0) is 25.5 Å². The molecule has 5 heteroatoms. The predicted molar refractivity (Wildman–Crippen MR) is 78.4 cm³/mol. The van der Waals surface area contributed by atoms with Gasteiger partial charge >= 0.3 is 5.97 Å². The predicted octanol–water partition coefficient (Wildman–Crippen LogP) is 3.20. The minimum absolute atomic E-state index is 0.182. The van der Waals surface area contributed by atoms with E-state index in [9.17, 15) is 9.90 Å². The molecule has 1 N–H and O–H groups in total. The van der Waals surface area contributed by atoms with Crippen LogP contribution >= 0.6 is 11.8 Å². The van der Waals surface area contributed by atoms with Gasteiger partial charge in [0.25, 0.3) is 0 Å². The number of carboxylic acid groups (broad SMARTS) is 1. The molecular formula is C15H15NO3S. The molecule has 2 aromatic rings. The molecule has 0 amide bonds. The molecule has 1 saturated heterocycles. The maximum atomic E-state index is 11.4. The molecule has 1 aliphatic rings. The van der Waals surface area contributed by atoms with Crippen molar-refractivity contribution >= 4 is 28.6 Å². The first-order valence-corrected chi connectivity index (χ1v) is 7.44. The second-order valence-corrected chi connectivity index (χ2v) is 6.11. The van der Waals surface area contributed by atoms with E-state index in [0.29, 0.717) is 16.2 Å². The van der Waals surface area contributed by atoms with E-state index in [1.54, 1.807) is 23.9 Å². The van der Waals surface area contributed by atoms with Crippen molar-refractivity contribution in [3.8, 4) is 0 Å². The summed E-state index contributed by atoms with van der Waals surface area (Å²) in [6.07, 6.45) is 1.16. The molecule has 4 nitrogen and oxygen atoms in total. The van der Waals surface area contributed by atoms with Gasteiger partial charge in [0.2, 0.25) is 0 Å². The minimum Gasteiger partial charge on any atom is -0.478 e. The number of carboxylic acids is 1. The lowest BCUT2D eigenvalue weighted by Gasteiger charge is -2.13. The lowest BCUT2D eigenvalue weighted by molar-refractivity contribution is 0.0698. The molecule has 2 heterocycles. The van der Waals surface area contributed by atoms with Crippen LogP contribution in [0, 0.1) is 0 Å². The monoisotopic (exact) mass is 289 g/mol. The Kier molecular flexibility index (Phi) is 3.63. The summed E-state index contributed by atoms with van der Waals surface area (Å²) in [4.78, 5) is 16.0. The van der Waals surface area contributed by atoms with Crippen molar-refractivity contribution in [1.29, 1.82) is 0 Å². The van der Waals surface area contributed by atoms with Gasteiger partial charge in [0, 0.05) is 17.2 Å². The number of rotatable bonds is 3. The number of hydrogen-bond donors (Lipinski definition) is 1. The molecule has 1 aromatic heterocycles. The number of pyridine rings is 1. The molecule has 0 spiro atoms. The Morgan fingerprint density at radius 1 is 1.45 bits per heavy atom. The van der Waals surface area contributed by atoms with E-state index in [1.807, 2.05) is 25.1 Å². The Hall–Kier alpha value is -1.59. The van der Waals surface area contributed by atoms with Gasteiger partial charge in [0.05, 0.1) is 22.2 Å². The van der Waals surface area contributed by atoms with Crippen molar-refractivity contribution in [2.24, 2.45) is 0 Å². The molecular weight excluding hydrogens is 274 g/mol. The standard InChI is InChI=1S/C15H15NO3S/c1-9-13(6-7-19-9)20-14-8-11(15(17)18)10-4-2-3-5-12(10)16-14/h2-5,8-9,13H,6-7H2,1H3,(H,17,18). The van der Waals surface area contributed by atoms with Gasteiger partial charge < -0.3 is 9.84 Å². The van der Waals surface area contributed by atoms with Crippen LogP contribution in [-0.2, 0) is 4.74 Å². The molecule has 20 heavy (non-hydrogen) atoms. The molecule has 0 radical (unpaired) electrons. The van der Waals surface area contributed by atoms with Gasteiger partial charge in [-0.25, -0.2) is 9.78 Å². The van der Waals surface area contributed by atoms with E-state index in [-0.39, 0.29) is 6.10 Å². The zero-order chi connectivity index (χ0) is 14.1. The van der Waals surface area contributed by atoms with Crippen LogP contribution in [0.5, 0.6) is 0 Å². The van der Waals surface area contributed by atoms with E-state index < -0.39 is 5.97 Å². The normalized spacial score (nSPS) is 22.2.